The normalized spacial score (nSPS) is 15.3. The Hall–Kier alpha value is -1.42. The van der Waals surface area contributed by atoms with Crippen LogP contribution in [0.1, 0.15) is 79.0 Å². The molecule has 164 valence electrons. The molecule has 0 aromatic heterocycles. The molecular formula is C23H37O5P. The van der Waals surface area contributed by atoms with Crippen LogP contribution in [0.15, 0.2) is 17.7 Å². The Kier molecular flexibility index (Phi) is 8.47. The van der Waals surface area contributed by atoms with E-state index >= 15 is 0 Å². The summed E-state index contributed by atoms with van der Waals surface area (Å²) >= 11 is 0. The largest absolute Gasteiger partial charge is 0.507 e. The summed E-state index contributed by atoms with van der Waals surface area (Å²) in [6.45, 7) is 17.4. The molecule has 0 amide bonds. The molecule has 0 saturated heterocycles. The van der Waals surface area contributed by atoms with Gasteiger partial charge in [-0.05, 0) is 54.0 Å². The molecule has 0 radical (unpaired) electrons. The minimum Gasteiger partial charge on any atom is -0.507 e. The third kappa shape index (κ3) is 7.09. The lowest BCUT2D eigenvalue weighted by Gasteiger charge is -2.28. The smallest absolute Gasteiger partial charge is 0.330 e. The van der Waals surface area contributed by atoms with Crippen LogP contribution in [0.3, 0.4) is 0 Å². The van der Waals surface area contributed by atoms with E-state index in [1.165, 1.54) is 0 Å². The van der Waals surface area contributed by atoms with Gasteiger partial charge in [0.2, 0.25) is 0 Å². The van der Waals surface area contributed by atoms with Crippen LogP contribution >= 0.6 is 7.60 Å². The van der Waals surface area contributed by atoms with E-state index < -0.39 is 7.60 Å². The second kappa shape index (κ2) is 9.59. The number of carbonyl (C=O) groups is 1. The molecule has 5 nitrogen and oxygen atoms in total. The lowest BCUT2D eigenvalue weighted by molar-refractivity contribution is -0.117. The molecule has 0 saturated carbocycles. The molecule has 0 spiro atoms. The van der Waals surface area contributed by atoms with Gasteiger partial charge in [0.25, 0.3) is 0 Å². The molecule has 1 atom stereocenters. The van der Waals surface area contributed by atoms with Crippen LogP contribution in [0.5, 0.6) is 5.75 Å². The molecule has 1 aromatic carbocycles. The highest BCUT2D eigenvalue weighted by Gasteiger charge is 2.27. The summed E-state index contributed by atoms with van der Waals surface area (Å²) in [6.07, 6.45) is 2.01. The van der Waals surface area contributed by atoms with Crippen molar-refractivity contribution in [2.75, 3.05) is 19.4 Å². The summed E-state index contributed by atoms with van der Waals surface area (Å²) in [5.41, 5.74) is 2.50. The van der Waals surface area contributed by atoms with Crippen LogP contribution in [-0.4, -0.2) is 30.3 Å². The first-order valence-corrected chi connectivity index (χ1v) is 11.8. The Morgan fingerprint density at radius 2 is 1.52 bits per heavy atom. The van der Waals surface area contributed by atoms with E-state index in [-0.39, 0.29) is 36.0 Å². The first kappa shape index (κ1) is 25.6. The Morgan fingerprint density at radius 1 is 1.03 bits per heavy atom. The van der Waals surface area contributed by atoms with E-state index in [0.29, 0.717) is 11.3 Å². The lowest BCUT2D eigenvalue weighted by Crippen LogP contribution is -2.17. The quantitative estimate of drug-likeness (QED) is 0.396. The minimum atomic E-state index is -3.22. The second-order valence-corrected chi connectivity index (χ2v) is 11.7. The minimum absolute atomic E-state index is 0.221. The Labute approximate surface area is 176 Å². The summed E-state index contributed by atoms with van der Waals surface area (Å²) in [5.74, 6) is 0.0520. The average Bonchev–Trinajstić information content (AvgIpc) is 2.59. The number of hydrogen-bond donors (Lipinski definition) is 1. The highest BCUT2D eigenvalue weighted by Crippen LogP contribution is 2.47. The number of phenolic OH excluding ortho intramolecular Hbond substituents is 1. The fraction of sp³-hybridized carbons (Fsp3) is 0.609. The number of phenols is 1. The molecule has 1 N–H and O–H groups in total. The monoisotopic (exact) mass is 424 g/mol. The van der Waals surface area contributed by atoms with Crippen molar-refractivity contribution in [3.8, 4) is 5.75 Å². The average molecular weight is 425 g/mol. The van der Waals surface area contributed by atoms with Crippen LogP contribution in [0, 0.1) is 0 Å². The second-order valence-electron chi connectivity index (χ2n) is 9.33. The van der Waals surface area contributed by atoms with Crippen LogP contribution in [0.2, 0.25) is 0 Å². The fourth-order valence-electron chi connectivity index (χ4n) is 2.90. The molecule has 0 aliphatic carbocycles. The maximum Gasteiger partial charge on any atom is 0.330 e. The van der Waals surface area contributed by atoms with Gasteiger partial charge in [-0.2, -0.15) is 0 Å². The Bertz CT molecular complexity index is 775. The first-order valence-electron chi connectivity index (χ1n) is 10.1. The topological polar surface area (TPSA) is 72.8 Å². The van der Waals surface area contributed by atoms with Gasteiger partial charge in [-0.15, -0.1) is 0 Å². The summed E-state index contributed by atoms with van der Waals surface area (Å²) in [5, 5.41) is 10.8. The number of aromatic hydroxyl groups is 1. The van der Waals surface area contributed by atoms with E-state index in [1.54, 1.807) is 26.8 Å². The van der Waals surface area contributed by atoms with Crippen molar-refractivity contribution in [3.05, 3.63) is 34.4 Å². The Balaban J connectivity index is 3.25. The van der Waals surface area contributed by atoms with E-state index in [0.717, 1.165) is 16.7 Å². The van der Waals surface area contributed by atoms with Gasteiger partial charge in [0.15, 0.2) is 5.78 Å². The van der Waals surface area contributed by atoms with Gasteiger partial charge in [-0.1, -0.05) is 48.5 Å². The standard InChI is InChI=1S/C23H37O5P/c1-10-27-29(26,11-2)28-15-20(24)16(3)12-17-13-18(22(4,5)6)21(25)19(14-17)23(7,8)9/h12-14,25H,10-11,15H2,1-9H3. The van der Waals surface area contributed by atoms with Crippen LogP contribution in [0.25, 0.3) is 6.08 Å². The van der Waals surface area contributed by atoms with Gasteiger partial charge >= 0.3 is 7.60 Å². The van der Waals surface area contributed by atoms with Gasteiger partial charge in [0, 0.05) is 17.3 Å². The number of rotatable bonds is 8. The number of benzene rings is 1. The molecule has 0 aliphatic rings. The molecule has 29 heavy (non-hydrogen) atoms. The third-order valence-corrected chi connectivity index (χ3v) is 6.63. The van der Waals surface area contributed by atoms with E-state index in [2.05, 4.69) is 0 Å². The highest BCUT2D eigenvalue weighted by molar-refractivity contribution is 7.53. The molecule has 0 bridgehead atoms. The molecule has 1 aromatic rings. The number of ketones is 1. The molecule has 1 rings (SSSR count). The zero-order valence-electron chi connectivity index (χ0n) is 19.4. The van der Waals surface area contributed by atoms with Crippen molar-refractivity contribution in [1.82, 2.24) is 0 Å². The van der Waals surface area contributed by atoms with Crippen molar-refractivity contribution in [2.45, 2.75) is 73.1 Å². The van der Waals surface area contributed by atoms with E-state index in [1.807, 2.05) is 53.7 Å². The van der Waals surface area contributed by atoms with Crippen molar-refractivity contribution in [1.29, 1.82) is 0 Å². The predicted octanol–water partition coefficient (Wildman–Crippen LogP) is 6.23. The number of carbonyl (C=O) groups excluding carboxylic acids is 1. The van der Waals surface area contributed by atoms with Crippen LogP contribution in [0.4, 0.5) is 0 Å². The van der Waals surface area contributed by atoms with Gasteiger partial charge in [0.1, 0.15) is 12.4 Å². The van der Waals surface area contributed by atoms with Gasteiger partial charge in [0.05, 0.1) is 6.61 Å². The van der Waals surface area contributed by atoms with E-state index in [4.69, 9.17) is 9.05 Å². The maximum absolute atomic E-state index is 12.5. The van der Waals surface area contributed by atoms with Crippen molar-refractivity contribution in [3.63, 3.8) is 0 Å². The van der Waals surface area contributed by atoms with Gasteiger partial charge in [-0.3, -0.25) is 9.36 Å². The Morgan fingerprint density at radius 3 is 1.90 bits per heavy atom. The summed E-state index contributed by atoms with van der Waals surface area (Å²) in [4.78, 5) is 12.5. The van der Waals surface area contributed by atoms with Crippen molar-refractivity contribution >= 4 is 19.5 Å². The van der Waals surface area contributed by atoms with Gasteiger partial charge < -0.3 is 14.2 Å². The van der Waals surface area contributed by atoms with Gasteiger partial charge in [-0.25, -0.2) is 0 Å². The summed E-state index contributed by atoms with van der Waals surface area (Å²) in [7, 11) is -3.22. The van der Waals surface area contributed by atoms with E-state index in [9.17, 15) is 14.5 Å². The fourth-order valence-corrected chi connectivity index (χ4v) is 4.05. The SMILES string of the molecule is CCOP(=O)(CC)OCC(=O)C(C)=Cc1cc(C(C)(C)C)c(O)c(C(C)(C)C)c1. The molecule has 0 fully saturated rings. The highest BCUT2D eigenvalue weighted by atomic mass is 31.2. The molecule has 0 heterocycles. The van der Waals surface area contributed by atoms with Crippen LogP contribution < -0.4 is 0 Å². The third-order valence-electron chi connectivity index (χ3n) is 4.68. The zero-order chi connectivity index (χ0) is 22.6. The van der Waals surface area contributed by atoms with Crippen LogP contribution in [-0.2, 0) is 29.2 Å². The number of Topliss-reactive ketones (excluding diaryl/α,β-unsaturated/α-hetero) is 1. The summed E-state index contributed by atoms with van der Waals surface area (Å²) in [6, 6.07) is 3.83. The molecular weight excluding hydrogens is 387 g/mol. The molecule has 6 heteroatoms. The summed E-state index contributed by atoms with van der Waals surface area (Å²) < 4.78 is 22.9. The molecule has 1 unspecified atom stereocenters. The van der Waals surface area contributed by atoms with Crippen molar-refractivity contribution < 1.29 is 23.5 Å². The predicted molar refractivity (Wildman–Crippen MR) is 120 cm³/mol. The number of hydrogen-bond acceptors (Lipinski definition) is 5. The lowest BCUT2D eigenvalue weighted by atomic mass is 9.78. The molecule has 0 aliphatic heterocycles. The first-order chi connectivity index (χ1) is 13.1. The zero-order valence-corrected chi connectivity index (χ0v) is 20.3. The van der Waals surface area contributed by atoms with Crippen molar-refractivity contribution in [2.24, 2.45) is 0 Å². The maximum atomic E-state index is 12.5.